The summed E-state index contributed by atoms with van der Waals surface area (Å²) in [5, 5.41) is 12.9. The van der Waals surface area contributed by atoms with Crippen LogP contribution in [0.3, 0.4) is 0 Å². The molecule has 2 amide bonds. The van der Waals surface area contributed by atoms with Gasteiger partial charge in [0.1, 0.15) is 5.75 Å². The van der Waals surface area contributed by atoms with E-state index in [0.717, 1.165) is 0 Å². The molecule has 1 heterocycles. The first-order chi connectivity index (χ1) is 11.3. The van der Waals surface area contributed by atoms with Crippen molar-refractivity contribution in [1.82, 2.24) is 10.2 Å². The summed E-state index contributed by atoms with van der Waals surface area (Å²) < 4.78 is 5.53. The van der Waals surface area contributed by atoms with Crippen LogP contribution in [0, 0.1) is 5.41 Å². The number of hydrogen-bond donors (Lipinski definition) is 2. The molecule has 0 bridgehead atoms. The molecule has 1 aromatic carbocycles. The molecule has 0 aromatic heterocycles. The number of hydrogen-bond acceptors (Lipinski definition) is 3. The Bertz CT molecular complexity index is 626. The van der Waals surface area contributed by atoms with Crippen molar-refractivity contribution in [3.8, 4) is 5.75 Å². The Kier molecular flexibility index (Phi) is 6.18. The number of halogens is 2. The highest BCUT2D eigenvalue weighted by atomic mass is 35.5. The predicted molar refractivity (Wildman–Crippen MR) is 91.9 cm³/mol. The van der Waals surface area contributed by atoms with E-state index in [9.17, 15) is 14.7 Å². The molecule has 132 valence electrons. The Hall–Kier alpha value is -1.66. The number of amides is 2. The van der Waals surface area contributed by atoms with Crippen molar-refractivity contribution in [1.29, 1.82) is 0 Å². The third-order valence-electron chi connectivity index (χ3n) is 4.03. The number of rotatable bonds is 6. The van der Waals surface area contributed by atoms with Gasteiger partial charge in [0.25, 0.3) is 0 Å². The maximum Gasteiger partial charge on any atom is 0.317 e. The molecule has 2 rings (SSSR count). The molecule has 1 aliphatic rings. The first-order valence-electron chi connectivity index (χ1n) is 7.66. The summed E-state index contributed by atoms with van der Waals surface area (Å²) in [7, 11) is 0. The number of carboxylic acids is 1. The van der Waals surface area contributed by atoms with Crippen molar-refractivity contribution in [2.45, 2.75) is 19.8 Å². The van der Waals surface area contributed by atoms with Gasteiger partial charge in [-0.15, -0.1) is 0 Å². The number of carboxylic acid groups (broad SMARTS) is 1. The summed E-state index contributed by atoms with van der Waals surface area (Å²) in [6, 6.07) is 4.74. The molecule has 2 N–H and O–H groups in total. The Balaban J connectivity index is 1.67. The first kappa shape index (κ1) is 18.7. The first-order valence-corrected chi connectivity index (χ1v) is 8.41. The second-order valence-electron chi connectivity index (χ2n) is 6.05. The SMILES string of the molecule is CC1(C(=O)O)CCN(C(=O)NCCCOc2ccc(Cl)cc2Cl)C1. The predicted octanol–water partition coefficient (Wildman–Crippen LogP) is 3.27. The number of carbonyl (C=O) groups is 2. The Labute approximate surface area is 150 Å². The molecule has 1 aromatic rings. The van der Waals surface area contributed by atoms with E-state index in [-0.39, 0.29) is 12.6 Å². The van der Waals surface area contributed by atoms with Crippen molar-refractivity contribution in [2.24, 2.45) is 5.41 Å². The Morgan fingerprint density at radius 1 is 1.42 bits per heavy atom. The number of aliphatic carboxylic acids is 1. The molecule has 1 fully saturated rings. The number of carbonyl (C=O) groups excluding carboxylic acids is 1. The molecular weight excluding hydrogens is 355 g/mol. The van der Waals surface area contributed by atoms with Gasteiger partial charge in [0.2, 0.25) is 0 Å². The number of likely N-dealkylation sites (tertiary alicyclic amines) is 1. The van der Waals surface area contributed by atoms with Crippen molar-refractivity contribution in [2.75, 3.05) is 26.2 Å². The number of ether oxygens (including phenoxy) is 1. The topological polar surface area (TPSA) is 78.9 Å². The van der Waals surface area contributed by atoms with Crippen LogP contribution in [0.15, 0.2) is 18.2 Å². The lowest BCUT2D eigenvalue weighted by Crippen LogP contribution is -2.41. The fraction of sp³-hybridized carbons (Fsp3) is 0.500. The molecule has 6 nitrogen and oxygen atoms in total. The quantitative estimate of drug-likeness (QED) is 0.748. The van der Waals surface area contributed by atoms with Crippen LogP contribution in [0.4, 0.5) is 4.79 Å². The van der Waals surface area contributed by atoms with Crippen LogP contribution in [-0.4, -0.2) is 48.2 Å². The van der Waals surface area contributed by atoms with Gasteiger partial charge in [-0.05, 0) is 38.0 Å². The van der Waals surface area contributed by atoms with Crippen LogP contribution in [-0.2, 0) is 4.79 Å². The average Bonchev–Trinajstić information content (AvgIpc) is 2.93. The molecule has 1 unspecified atom stereocenters. The van der Waals surface area contributed by atoms with Crippen LogP contribution in [0.5, 0.6) is 5.75 Å². The molecule has 8 heteroatoms. The van der Waals surface area contributed by atoms with Gasteiger partial charge in [-0.25, -0.2) is 4.79 Å². The fourth-order valence-corrected chi connectivity index (χ4v) is 2.93. The van der Waals surface area contributed by atoms with Gasteiger partial charge < -0.3 is 20.1 Å². The zero-order valence-electron chi connectivity index (χ0n) is 13.3. The second kappa shape index (κ2) is 7.94. The lowest BCUT2D eigenvalue weighted by molar-refractivity contribution is -0.146. The van der Waals surface area contributed by atoms with Gasteiger partial charge in [-0.3, -0.25) is 4.79 Å². The van der Waals surface area contributed by atoms with Gasteiger partial charge in [0.15, 0.2) is 0 Å². The standard InChI is InChI=1S/C16H20Cl2N2O4/c1-16(14(21)22)5-7-20(10-16)15(23)19-6-2-8-24-13-4-3-11(17)9-12(13)18/h3-4,9H,2,5-8,10H2,1H3,(H,19,23)(H,21,22). The van der Waals surface area contributed by atoms with Gasteiger partial charge in [-0.2, -0.15) is 0 Å². The van der Waals surface area contributed by atoms with Crippen molar-refractivity contribution in [3.05, 3.63) is 28.2 Å². The van der Waals surface area contributed by atoms with Gasteiger partial charge in [0, 0.05) is 24.7 Å². The van der Waals surface area contributed by atoms with Crippen LogP contribution in [0.1, 0.15) is 19.8 Å². The number of benzene rings is 1. The van der Waals surface area contributed by atoms with Gasteiger partial charge in [0.05, 0.1) is 17.0 Å². The largest absolute Gasteiger partial charge is 0.492 e. The van der Waals surface area contributed by atoms with Crippen LogP contribution in [0.25, 0.3) is 0 Å². The van der Waals surface area contributed by atoms with Crippen LogP contribution < -0.4 is 10.1 Å². The highest BCUT2D eigenvalue weighted by Gasteiger charge is 2.42. The third-order valence-corrected chi connectivity index (χ3v) is 4.56. The van der Waals surface area contributed by atoms with E-state index in [1.807, 2.05) is 0 Å². The van der Waals surface area contributed by atoms with Crippen molar-refractivity contribution in [3.63, 3.8) is 0 Å². The molecule has 1 atom stereocenters. The summed E-state index contributed by atoms with van der Waals surface area (Å²) >= 11 is 11.8. The summed E-state index contributed by atoms with van der Waals surface area (Å²) in [6.45, 7) is 3.17. The van der Waals surface area contributed by atoms with E-state index in [2.05, 4.69) is 5.32 Å². The Morgan fingerprint density at radius 2 is 2.17 bits per heavy atom. The van der Waals surface area contributed by atoms with E-state index >= 15 is 0 Å². The normalized spacial score (nSPS) is 20.0. The minimum atomic E-state index is -0.869. The highest BCUT2D eigenvalue weighted by Crippen LogP contribution is 2.30. The Morgan fingerprint density at radius 3 is 2.79 bits per heavy atom. The smallest absolute Gasteiger partial charge is 0.317 e. The summed E-state index contributed by atoms with van der Waals surface area (Å²) in [5.41, 5.74) is -0.855. The number of nitrogens with zero attached hydrogens (tertiary/aromatic N) is 1. The molecule has 1 saturated heterocycles. The summed E-state index contributed by atoms with van der Waals surface area (Å²) in [5.74, 6) is -0.324. The van der Waals surface area contributed by atoms with Crippen LogP contribution >= 0.6 is 23.2 Å². The van der Waals surface area contributed by atoms with E-state index in [0.29, 0.717) is 48.3 Å². The monoisotopic (exact) mass is 374 g/mol. The summed E-state index contributed by atoms with van der Waals surface area (Å²) in [6.07, 6.45) is 1.07. The lowest BCUT2D eigenvalue weighted by atomic mass is 9.90. The minimum absolute atomic E-state index is 0.227. The lowest BCUT2D eigenvalue weighted by Gasteiger charge is -2.20. The average molecular weight is 375 g/mol. The maximum atomic E-state index is 12.0. The molecule has 0 radical (unpaired) electrons. The number of urea groups is 1. The summed E-state index contributed by atoms with van der Waals surface area (Å²) in [4.78, 5) is 24.7. The van der Waals surface area contributed by atoms with E-state index in [1.54, 1.807) is 25.1 Å². The molecule has 0 spiro atoms. The van der Waals surface area contributed by atoms with Crippen molar-refractivity contribution >= 4 is 35.2 Å². The zero-order chi connectivity index (χ0) is 17.7. The van der Waals surface area contributed by atoms with Crippen LogP contribution in [0.2, 0.25) is 10.0 Å². The molecule has 24 heavy (non-hydrogen) atoms. The maximum absolute atomic E-state index is 12.0. The number of nitrogens with one attached hydrogen (secondary N) is 1. The minimum Gasteiger partial charge on any atom is -0.492 e. The third kappa shape index (κ3) is 4.68. The fourth-order valence-electron chi connectivity index (χ4n) is 2.46. The van der Waals surface area contributed by atoms with Gasteiger partial charge in [-0.1, -0.05) is 23.2 Å². The second-order valence-corrected chi connectivity index (χ2v) is 6.89. The molecule has 0 aliphatic carbocycles. The van der Waals surface area contributed by atoms with E-state index in [4.69, 9.17) is 27.9 Å². The van der Waals surface area contributed by atoms with Gasteiger partial charge >= 0.3 is 12.0 Å². The molecule has 0 saturated carbocycles. The zero-order valence-corrected chi connectivity index (χ0v) is 14.9. The van der Waals surface area contributed by atoms with E-state index in [1.165, 1.54) is 4.90 Å². The van der Waals surface area contributed by atoms with Crippen molar-refractivity contribution < 1.29 is 19.4 Å². The van der Waals surface area contributed by atoms with E-state index < -0.39 is 11.4 Å². The highest BCUT2D eigenvalue weighted by molar-refractivity contribution is 6.35. The molecule has 1 aliphatic heterocycles. The molecular formula is C16H20Cl2N2O4.